The van der Waals surface area contributed by atoms with E-state index in [1.165, 1.54) is 6.07 Å². The van der Waals surface area contributed by atoms with E-state index in [2.05, 4.69) is 15.0 Å². The van der Waals surface area contributed by atoms with Gasteiger partial charge in [0.05, 0.1) is 10.4 Å². The van der Waals surface area contributed by atoms with E-state index >= 15 is 0 Å². The van der Waals surface area contributed by atoms with Gasteiger partial charge in [-0.1, -0.05) is 0 Å². The Labute approximate surface area is 119 Å². The van der Waals surface area contributed by atoms with Crippen LogP contribution in [0.2, 0.25) is 0 Å². The first-order chi connectivity index (χ1) is 9.65. The molecule has 0 unspecified atom stereocenters. The summed E-state index contributed by atoms with van der Waals surface area (Å²) in [6.07, 6.45) is 5.00. The van der Waals surface area contributed by atoms with E-state index in [-0.39, 0.29) is 0 Å². The number of aryl methyl sites for hydroxylation is 1. The highest BCUT2D eigenvalue weighted by molar-refractivity contribution is 7.99. The fourth-order valence-electron chi connectivity index (χ4n) is 1.83. The lowest BCUT2D eigenvalue weighted by atomic mass is 10.2. The summed E-state index contributed by atoms with van der Waals surface area (Å²) in [6, 6.07) is 4.89. The number of fused-ring (bicyclic) bond motifs is 1. The van der Waals surface area contributed by atoms with E-state index in [0.717, 1.165) is 22.7 Å². The van der Waals surface area contributed by atoms with Crippen molar-refractivity contribution in [2.75, 3.05) is 5.73 Å². The highest BCUT2D eigenvalue weighted by atomic mass is 32.2. The summed E-state index contributed by atoms with van der Waals surface area (Å²) < 4.78 is 14.1. The number of anilines is 1. The monoisotopic (exact) mass is 286 g/mol. The summed E-state index contributed by atoms with van der Waals surface area (Å²) >= 11 is 1.15. The highest BCUT2D eigenvalue weighted by Crippen LogP contribution is 2.35. The molecule has 3 aromatic rings. The third-order valence-corrected chi connectivity index (χ3v) is 3.77. The average Bonchev–Trinajstić information content (AvgIpc) is 2.45. The van der Waals surface area contributed by atoms with Crippen molar-refractivity contribution in [3.8, 4) is 0 Å². The Morgan fingerprint density at radius 2 is 1.95 bits per heavy atom. The van der Waals surface area contributed by atoms with Gasteiger partial charge < -0.3 is 5.73 Å². The van der Waals surface area contributed by atoms with Crippen LogP contribution in [-0.4, -0.2) is 15.0 Å². The van der Waals surface area contributed by atoms with Gasteiger partial charge in [-0.15, -0.1) is 0 Å². The quantitative estimate of drug-likeness (QED) is 0.579. The molecule has 100 valence electrons. The van der Waals surface area contributed by atoms with E-state index in [4.69, 9.17) is 5.73 Å². The lowest BCUT2D eigenvalue weighted by Crippen LogP contribution is -1.95. The normalized spacial score (nSPS) is 10.9. The van der Waals surface area contributed by atoms with Crippen molar-refractivity contribution in [3.63, 3.8) is 0 Å². The number of aromatic nitrogens is 3. The van der Waals surface area contributed by atoms with Crippen molar-refractivity contribution in [1.29, 1.82) is 0 Å². The summed E-state index contributed by atoms with van der Waals surface area (Å²) in [7, 11) is 0. The Bertz CT molecular complexity index is 774. The fraction of sp³-hybridized carbons (Fsp3) is 0.0714. The van der Waals surface area contributed by atoms with Crippen molar-refractivity contribution < 1.29 is 4.39 Å². The molecule has 2 heterocycles. The van der Waals surface area contributed by atoms with E-state index < -0.39 is 5.82 Å². The zero-order valence-electron chi connectivity index (χ0n) is 10.7. The Morgan fingerprint density at radius 1 is 1.20 bits per heavy atom. The zero-order chi connectivity index (χ0) is 14.1. The molecule has 4 nitrogen and oxygen atoms in total. The Hall–Kier alpha value is -2.21. The minimum atomic E-state index is -0.414. The molecule has 6 heteroatoms. The van der Waals surface area contributed by atoms with Crippen LogP contribution in [0, 0.1) is 12.7 Å². The van der Waals surface area contributed by atoms with Crippen LogP contribution < -0.4 is 5.73 Å². The topological polar surface area (TPSA) is 64.7 Å². The molecule has 0 aliphatic heterocycles. The van der Waals surface area contributed by atoms with Crippen LogP contribution in [0.4, 0.5) is 10.1 Å². The first-order valence-electron chi connectivity index (χ1n) is 5.94. The van der Waals surface area contributed by atoms with Crippen molar-refractivity contribution in [2.45, 2.75) is 17.0 Å². The molecule has 0 saturated heterocycles. The molecule has 0 amide bonds. The molecule has 2 N–H and O–H groups in total. The van der Waals surface area contributed by atoms with E-state index in [0.29, 0.717) is 21.3 Å². The minimum Gasteiger partial charge on any atom is -0.398 e. The maximum Gasteiger partial charge on any atom is 0.192 e. The van der Waals surface area contributed by atoms with Gasteiger partial charge in [0, 0.05) is 29.7 Å². The minimum absolute atomic E-state index is 0.375. The molecule has 0 saturated carbocycles. The van der Waals surface area contributed by atoms with Crippen LogP contribution >= 0.6 is 11.8 Å². The standard InChI is InChI=1S/C14H11FN4S/c1-8-6-18-14(19-7-8)20-13-10(15)5-11(16)9-3-2-4-17-12(9)13/h2-7H,16H2,1H3. The number of nitrogen functional groups attached to an aromatic ring is 1. The summed E-state index contributed by atoms with van der Waals surface area (Å²) in [6.45, 7) is 1.90. The van der Waals surface area contributed by atoms with Crippen molar-refractivity contribution in [3.05, 3.63) is 48.2 Å². The Kier molecular flexibility index (Phi) is 3.23. The molecule has 20 heavy (non-hydrogen) atoms. The number of rotatable bonds is 2. The van der Waals surface area contributed by atoms with E-state index in [1.807, 2.05) is 13.0 Å². The molecule has 0 bridgehead atoms. The molecule has 0 atom stereocenters. The second kappa shape index (κ2) is 5.05. The third kappa shape index (κ3) is 2.30. The third-order valence-electron chi connectivity index (χ3n) is 2.78. The SMILES string of the molecule is Cc1cnc(Sc2c(F)cc(N)c3cccnc23)nc1. The van der Waals surface area contributed by atoms with Gasteiger partial charge >= 0.3 is 0 Å². The summed E-state index contributed by atoms with van der Waals surface area (Å²) in [4.78, 5) is 12.9. The van der Waals surface area contributed by atoms with E-state index in [1.54, 1.807) is 24.7 Å². The second-order valence-corrected chi connectivity index (χ2v) is 5.30. The first-order valence-corrected chi connectivity index (χ1v) is 6.76. The summed E-state index contributed by atoms with van der Waals surface area (Å²) in [5.41, 5.74) is 7.67. The van der Waals surface area contributed by atoms with Gasteiger partial charge in [0.1, 0.15) is 5.82 Å². The number of pyridine rings is 1. The molecule has 0 aliphatic carbocycles. The number of hydrogen-bond acceptors (Lipinski definition) is 5. The maximum absolute atomic E-state index is 14.1. The van der Waals surface area contributed by atoms with Crippen LogP contribution in [0.3, 0.4) is 0 Å². The maximum atomic E-state index is 14.1. The predicted molar refractivity (Wildman–Crippen MR) is 77.0 cm³/mol. The zero-order valence-corrected chi connectivity index (χ0v) is 11.5. The lowest BCUT2D eigenvalue weighted by Gasteiger charge is -2.08. The van der Waals surface area contributed by atoms with Gasteiger partial charge in [0.15, 0.2) is 5.16 Å². The molecule has 0 fully saturated rings. The number of nitrogens with zero attached hydrogens (tertiary/aromatic N) is 3. The highest BCUT2D eigenvalue weighted by Gasteiger charge is 2.14. The first kappa shape index (κ1) is 12.8. The van der Waals surface area contributed by atoms with Gasteiger partial charge in [-0.05, 0) is 42.4 Å². The van der Waals surface area contributed by atoms with Crippen LogP contribution in [-0.2, 0) is 0 Å². The molecule has 0 radical (unpaired) electrons. The van der Waals surface area contributed by atoms with Crippen molar-refractivity contribution >= 4 is 28.4 Å². The summed E-state index contributed by atoms with van der Waals surface area (Å²) in [5, 5.41) is 1.20. The van der Waals surface area contributed by atoms with Crippen LogP contribution in [0.1, 0.15) is 5.56 Å². The largest absolute Gasteiger partial charge is 0.398 e. The fourth-order valence-corrected chi connectivity index (χ4v) is 2.64. The van der Waals surface area contributed by atoms with Crippen LogP contribution in [0.25, 0.3) is 10.9 Å². The molecular weight excluding hydrogens is 275 g/mol. The molecule has 0 aliphatic rings. The smallest absolute Gasteiger partial charge is 0.192 e. The predicted octanol–water partition coefficient (Wildman–Crippen LogP) is 3.21. The summed E-state index contributed by atoms with van der Waals surface area (Å²) in [5.74, 6) is -0.414. The van der Waals surface area contributed by atoms with Crippen molar-refractivity contribution in [2.24, 2.45) is 0 Å². The van der Waals surface area contributed by atoms with Gasteiger partial charge in [-0.2, -0.15) is 0 Å². The molecule has 3 rings (SSSR count). The van der Waals surface area contributed by atoms with Gasteiger partial charge in [-0.3, -0.25) is 4.98 Å². The number of nitrogens with two attached hydrogens (primary N) is 1. The van der Waals surface area contributed by atoms with E-state index in [9.17, 15) is 4.39 Å². The van der Waals surface area contributed by atoms with Gasteiger partial charge in [0.2, 0.25) is 0 Å². The lowest BCUT2D eigenvalue weighted by molar-refractivity contribution is 0.605. The van der Waals surface area contributed by atoms with Crippen LogP contribution in [0.5, 0.6) is 0 Å². The molecule has 1 aromatic carbocycles. The van der Waals surface area contributed by atoms with Gasteiger partial charge in [-0.25, -0.2) is 14.4 Å². The van der Waals surface area contributed by atoms with Gasteiger partial charge in [0.25, 0.3) is 0 Å². The molecule has 0 spiro atoms. The average molecular weight is 286 g/mol. The Morgan fingerprint density at radius 3 is 2.70 bits per heavy atom. The number of hydrogen-bond donors (Lipinski definition) is 1. The number of benzene rings is 1. The van der Waals surface area contributed by atoms with Crippen molar-refractivity contribution in [1.82, 2.24) is 15.0 Å². The Balaban J connectivity index is 2.13. The molecular formula is C14H11FN4S. The molecule has 2 aromatic heterocycles. The number of halogens is 1. The second-order valence-electron chi connectivity index (χ2n) is 4.32. The van der Waals surface area contributed by atoms with Crippen LogP contribution in [0.15, 0.2) is 46.8 Å².